The average Bonchev–Trinajstić information content (AvgIpc) is 2.99. The maximum absolute atomic E-state index is 10.7. The van der Waals surface area contributed by atoms with Crippen LogP contribution < -0.4 is 0 Å². The number of pyridine rings is 2. The topological polar surface area (TPSA) is 85.1 Å². The van der Waals surface area contributed by atoms with E-state index in [0.29, 0.717) is 24.9 Å². The molecule has 2 heterocycles. The maximum Gasteiger partial charge on any atom is 0.124 e. The second-order valence-corrected chi connectivity index (χ2v) is 9.94. The third-order valence-electron chi connectivity index (χ3n) is 6.74. The summed E-state index contributed by atoms with van der Waals surface area (Å²) in [6.07, 6.45) is 6.14. The summed E-state index contributed by atoms with van der Waals surface area (Å²) in [7, 11) is 0. The van der Waals surface area contributed by atoms with Gasteiger partial charge in [-0.15, -0.1) is 0 Å². The van der Waals surface area contributed by atoms with Gasteiger partial charge in [-0.05, 0) is 54.8 Å². The molecule has 0 spiro atoms. The van der Waals surface area contributed by atoms with E-state index in [1.165, 1.54) is 5.56 Å². The summed E-state index contributed by atoms with van der Waals surface area (Å²) in [5, 5.41) is 20.6. The number of aliphatic hydroxyl groups excluding tert-OH is 1. The molecule has 0 radical (unpaired) electrons. The first-order valence-corrected chi connectivity index (χ1v) is 13.9. The molecular formula is C33H39N5O2. The predicted molar refractivity (Wildman–Crippen MR) is 160 cm³/mol. The van der Waals surface area contributed by atoms with Crippen LogP contribution in [0.4, 0.5) is 0 Å². The minimum atomic E-state index is -0.446. The van der Waals surface area contributed by atoms with E-state index in [2.05, 4.69) is 61.2 Å². The predicted octanol–water partition coefficient (Wildman–Crippen LogP) is 4.95. The molecule has 1 atom stereocenters. The fourth-order valence-corrected chi connectivity index (χ4v) is 4.51. The smallest absolute Gasteiger partial charge is 0.124 e. The zero-order valence-corrected chi connectivity index (χ0v) is 23.0. The molecule has 0 aliphatic carbocycles. The third kappa shape index (κ3) is 10.3. The van der Waals surface area contributed by atoms with Crippen LogP contribution in [-0.4, -0.2) is 68.5 Å². The highest BCUT2D eigenvalue weighted by atomic mass is 16.3. The zero-order chi connectivity index (χ0) is 27.8. The van der Waals surface area contributed by atoms with Crippen molar-refractivity contribution in [1.82, 2.24) is 19.8 Å². The van der Waals surface area contributed by atoms with Crippen molar-refractivity contribution in [3.05, 3.63) is 126 Å². The Labute approximate surface area is 237 Å². The Morgan fingerprint density at radius 1 is 0.675 bits per heavy atom. The highest BCUT2D eigenvalue weighted by molar-refractivity contribution is 5.83. The van der Waals surface area contributed by atoms with Crippen LogP contribution >= 0.6 is 0 Å². The number of aliphatic hydroxyl groups is 1. The number of phenolic OH excluding ortho intramolecular Hbond substituents is 1. The third-order valence-corrected chi connectivity index (χ3v) is 6.74. The number of aliphatic imine (C=N–C) groups is 1. The van der Waals surface area contributed by atoms with Gasteiger partial charge in [0.1, 0.15) is 5.75 Å². The highest BCUT2D eigenvalue weighted by Crippen LogP contribution is 2.14. The standard InChI is InChI=1S/C33H39N5O2/c39-32(16-20-34-24-29-12-4-5-15-33(29)40)17-21-37(25-28-10-2-1-3-11-28)22-23-38(26-30-13-6-8-18-35-30)27-31-14-7-9-19-36-31/h1-15,18-19,24,32,39-40H,16-17,20-23,25-27H2/t32-/m0/s1. The Kier molecular flexibility index (Phi) is 11.8. The molecule has 0 saturated carbocycles. The Morgan fingerprint density at radius 2 is 1.30 bits per heavy atom. The Morgan fingerprint density at radius 3 is 1.95 bits per heavy atom. The second-order valence-electron chi connectivity index (χ2n) is 9.94. The number of benzene rings is 2. The molecule has 0 aliphatic heterocycles. The van der Waals surface area contributed by atoms with E-state index in [-0.39, 0.29) is 5.75 Å². The first-order valence-electron chi connectivity index (χ1n) is 13.9. The van der Waals surface area contributed by atoms with Crippen LogP contribution in [0.25, 0.3) is 0 Å². The molecule has 0 saturated heterocycles. The van der Waals surface area contributed by atoms with Crippen LogP contribution in [0, 0.1) is 0 Å². The number of aromatic hydroxyl groups is 1. The van der Waals surface area contributed by atoms with Crippen molar-refractivity contribution >= 4 is 6.21 Å². The molecule has 0 bridgehead atoms. The summed E-state index contributed by atoms with van der Waals surface area (Å²) >= 11 is 0. The lowest BCUT2D eigenvalue weighted by molar-refractivity contribution is 0.124. The van der Waals surface area contributed by atoms with Crippen LogP contribution in [0.5, 0.6) is 5.75 Å². The molecule has 208 valence electrons. The molecule has 0 amide bonds. The number of para-hydroxylation sites is 1. The number of rotatable bonds is 16. The lowest BCUT2D eigenvalue weighted by Gasteiger charge is -2.28. The highest BCUT2D eigenvalue weighted by Gasteiger charge is 2.14. The zero-order valence-electron chi connectivity index (χ0n) is 23.0. The summed E-state index contributed by atoms with van der Waals surface area (Å²) in [5.41, 5.74) is 4.01. The fraction of sp³-hybridized carbons (Fsp3) is 0.303. The van der Waals surface area contributed by atoms with Crippen LogP contribution in [0.1, 0.15) is 35.4 Å². The van der Waals surface area contributed by atoms with Gasteiger partial charge in [0.2, 0.25) is 0 Å². The molecule has 2 aromatic carbocycles. The maximum atomic E-state index is 10.7. The second kappa shape index (κ2) is 16.3. The quantitative estimate of drug-likeness (QED) is 0.197. The van der Waals surface area contributed by atoms with E-state index in [1.807, 2.05) is 54.9 Å². The molecule has 40 heavy (non-hydrogen) atoms. The van der Waals surface area contributed by atoms with Crippen molar-refractivity contribution < 1.29 is 10.2 Å². The van der Waals surface area contributed by atoms with E-state index in [0.717, 1.165) is 50.7 Å². The monoisotopic (exact) mass is 537 g/mol. The van der Waals surface area contributed by atoms with Crippen LogP contribution in [0.15, 0.2) is 108 Å². The van der Waals surface area contributed by atoms with E-state index < -0.39 is 6.10 Å². The van der Waals surface area contributed by atoms with E-state index in [9.17, 15) is 10.2 Å². The average molecular weight is 538 g/mol. The van der Waals surface area contributed by atoms with Crippen molar-refractivity contribution in [2.45, 2.75) is 38.6 Å². The van der Waals surface area contributed by atoms with Crippen molar-refractivity contribution in [3.8, 4) is 5.75 Å². The first-order chi connectivity index (χ1) is 19.7. The molecule has 0 aliphatic rings. The summed E-state index contributed by atoms with van der Waals surface area (Å²) < 4.78 is 0. The first kappa shape index (κ1) is 29.1. The molecule has 0 fully saturated rings. The number of hydrogen-bond donors (Lipinski definition) is 2. The van der Waals surface area contributed by atoms with Crippen LogP contribution in [0.2, 0.25) is 0 Å². The summed E-state index contributed by atoms with van der Waals surface area (Å²) in [5.74, 6) is 0.212. The summed E-state index contributed by atoms with van der Waals surface area (Å²) in [6.45, 7) is 5.30. The molecule has 2 N–H and O–H groups in total. The van der Waals surface area contributed by atoms with Crippen molar-refractivity contribution in [2.75, 3.05) is 26.2 Å². The summed E-state index contributed by atoms with van der Waals surface area (Å²) in [4.78, 5) is 18.3. The van der Waals surface area contributed by atoms with Crippen LogP contribution in [-0.2, 0) is 19.6 Å². The number of nitrogens with zero attached hydrogens (tertiary/aromatic N) is 5. The SMILES string of the molecule is Oc1ccccc1C=NCC[C@H](O)CCN(CCN(Cc1ccccn1)Cc1ccccn1)Cc1ccccc1. The van der Waals surface area contributed by atoms with Gasteiger partial charge in [-0.2, -0.15) is 0 Å². The van der Waals surface area contributed by atoms with Crippen molar-refractivity contribution in [3.63, 3.8) is 0 Å². The normalized spacial score (nSPS) is 12.4. The molecular weight excluding hydrogens is 498 g/mol. The fourth-order valence-electron chi connectivity index (χ4n) is 4.51. The Balaban J connectivity index is 1.34. The van der Waals surface area contributed by atoms with E-state index in [1.54, 1.807) is 18.3 Å². The van der Waals surface area contributed by atoms with Gasteiger partial charge < -0.3 is 10.2 Å². The molecule has 7 heteroatoms. The minimum absolute atomic E-state index is 0.212. The Hall–Kier alpha value is -3.91. The number of phenols is 1. The van der Waals surface area contributed by atoms with Gasteiger partial charge in [0.15, 0.2) is 0 Å². The summed E-state index contributed by atoms with van der Waals surface area (Å²) in [6, 6.07) is 29.6. The van der Waals surface area contributed by atoms with E-state index in [4.69, 9.17) is 0 Å². The van der Waals surface area contributed by atoms with Crippen LogP contribution in [0.3, 0.4) is 0 Å². The van der Waals surface area contributed by atoms with Crippen molar-refractivity contribution in [1.29, 1.82) is 0 Å². The van der Waals surface area contributed by atoms with Gasteiger partial charge in [0.05, 0.1) is 17.5 Å². The van der Waals surface area contributed by atoms with Gasteiger partial charge in [0.25, 0.3) is 0 Å². The largest absolute Gasteiger partial charge is 0.507 e. The number of hydrogen-bond acceptors (Lipinski definition) is 7. The lowest BCUT2D eigenvalue weighted by atomic mass is 10.1. The minimum Gasteiger partial charge on any atom is -0.507 e. The van der Waals surface area contributed by atoms with Gasteiger partial charge in [-0.1, -0.05) is 54.6 Å². The number of aromatic nitrogens is 2. The molecule has 4 aromatic rings. The Bertz CT molecular complexity index is 1230. The van der Waals surface area contributed by atoms with Gasteiger partial charge in [-0.25, -0.2) is 0 Å². The molecule has 2 aromatic heterocycles. The molecule has 7 nitrogen and oxygen atoms in total. The van der Waals surface area contributed by atoms with Crippen molar-refractivity contribution in [2.24, 2.45) is 4.99 Å². The van der Waals surface area contributed by atoms with Gasteiger partial charge in [0, 0.05) is 70.0 Å². The molecule has 0 unspecified atom stereocenters. The van der Waals surface area contributed by atoms with Gasteiger partial charge in [-0.3, -0.25) is 24.8 Å². The van der Waals surface area contributed by atoms with E-state index >= 15 is 0 Å². The lowest BCUT2D eigenvalue weighted by Crippen LogP contribution is -2.36. The molecule has 4 rings (SSSR count). The van der Waals surface area contributed by atoms with Gasteiger partial charge >= 0.3 is 0 Å².